The summed E-state index contributed by atoms with van der Waals surface area (Å²) >= 11 is 0. The molecule has 1 aliphatic rings. The number of carbonyl (C=O) groups is 1. The van der Waals surface area contributed by atoms with Gasteiger partial charge in [-0.05, 0) is 0 Å². The van der Waals surface area contributed by atoms with Crippen LogP contribution in [0, 0.1) is 0 Å². The summed E-state index contributed by atoms with van der Waals surface area (Å²) in [7, 11) is 1.39. The summed E-state index contributed by atoms with van der Waals surface area (Å²) in [5, 5.41) is 3.03. The Balaban J connectivity index is 0.00000169. The Bertz CT molecular complexity index is 198. The third kappa shape index (κ3) is 3.65. The van der Waals surface area contributed by atoms with E-state index in [1.54, 1.807) is 6.08 Å². The molecule has 2 atom stereocenters. The highest BCUT2D eigenvalue weighted by atomic mass is 35.5. The van der Waals surface area contributed by atoms with Gasteiger partial charge in [-0.25, -0.2) is 0 Å². The van der Waals surface area contributed by atoms with Crippen molar-refractivity contribution in [2.24, 2.45) is 0 Å². The predicted molar refractivity (Wildman–Crippen MR) is 55.6 cm³/mol. The van der Waals surface area contributed by atoms with Gasteiger partial charge in [0.05, 0.1) is 19.8 Å². The van der Waals surface area contributed by atoms with Crippen LogP contribution in [0.5, 0.6) is 0 Å². The zero-order chi connectivity index (χ0) is 9.68. The molecule has 0 spiro atoms. The summed E-state index contributed by atoms with van der Waals surface area (Å²) < 4.78 is 10.00. The summed E-state index contributed by atoms with van der Waals surface area (Å²) in [6.45, 7) is 4.78. The van der Waals surface area contributed by atoms with Crippen LogP contribution in [0.2, 0.25) is 0 Å². The van der Waals surface area contributed by atoms with Crippen molar-refractivity contribution in [3.63, 3.8) is 0 Å². The fraction of sp³-hybridized carbons (Fsp3) is 0.667. The molecule has 0 aromatic heterocycles. The van der Waals surface area contributed by atoms with Crippen LogP contribution >= 0.6 is 12.4 Å². The largest absolute Gasteiger partial charge is 0.468 e. The van der Waals surface area contributed by atoms with Gasteiger partial charge in [0, 0.05) is 13.0 Å². The second kappa shape index (κ2) is 6.81. The molecule has 5 heteroatoms. The molecular formula is C9H16ClNO3. The van der Waals surface area contributed by atoms with Gasteiger partial charge in [0.25, 0.3) is 0 Å². The predicted octanol–water partition coefficient (Wildman–Crippen LogP) is 0.514. The highest BCUT2D eigenvalue weighted by Crippen LogP contribution is 2.11. The summed E-state index contributed by atoms with van der Waals surface area (Å²) in [4.78, 5) is 11.1. The van der Waals surface area contributed by atoms with Gasteiger partial charge >= 0.3 is 5.97 Å². The van der Waals surface area contributed by atoms with Crippen molar-refractivity contribution in [3.05, 3.63) is 12.7 Å². The number of hydrogen-bond acceptors (Lipinski definition) is 4. The SMILES string of the molecule is C=CCOC1CN[C@H](C(=O)OC)C1.Cl. The quantitative estimate of drug-likeness (QED) is 0.555. The maximum atomic E-state index is 11.1. The van der Waals surface area contributed by atoms with Gasteiger partial charge in [-0.3, -0.25) is 4.79 Å². The van der Waals surface area contributed by atoms with E-state index in [1.165, 1.54) is 7.11 Å². The first-order valence-corrected chi connectivity index (χ1v) is 4.31. The Morgan fingerprint density at radius 3 is 3.00 bits per heavy atom. The first-order chi connectivity index (χ1) is 6.27. The first kappa shape index (κ1) is 13.4. The van der Waals surface area contributed by atoms with E-state index in [1.807, 2.05) is 0 Å². The average molecular weight is 222 g/mol. The molecule has 1 heterocycles. The molecular weight excluding hydrogens is 206 g/mol. The van der Waals surface area contributed by atoms with Crippen molar-refractivity contribution < 1.29 is 14.3 Å². The highest BCUT2D eigenvalue weighted by molar-refractivity contribution is 5.85. The van der Waals surface area contributed by atoms with E-state index in [0.717, 1.165) is 0 Å². The Kier molecular flexibility index (Phi) is 6.53. The van der Waals surface area contributed by atoms with Crippen LogP contribution in [0.4, 0.5) is 0 Å². The van der Waals surface area contributed by atoms with Gasteiger partial charge in [0.15, 0.2) is 0 Å². The first-order valence-electron chi connectivity index (χ1n) is 4.31. The number of esters is 1. The minimum Gasteiger partial charge on any atom is -0.468 e. The molecule has 14 heavy (non-hydrogen) atoms. The van der Waals surface area contributed by atoms with E-state index < -0.39 is 0 Å². The van der Waals surface area contributed by atoms with Gasteiger partial charge in [-0.1, -0.05) is 6.08 Å². The molecule has 1 fully saturated rings. The Labute approximate surface area is 90.1 Å². The van der Waals surface area contributed by atoms with E-state index in [4.69, 9.17) is 4.74 Å². The zero-order valence-corrected chi connectivity index (χ0v) is 9.01. The molecule has 0 amide bonds. The van der Waals surface area contributed by atoms with Gasteiger partial charge < -0.3 is 14.8 Å². The van der Waals surface area contributed by atoms with Crippen LogP contribution in [-0.4, -0.2) is 38.4 Å². The Hall–Kier alpha value is -0.580. The summed E-state index contributed by atoms with van der Waals surface area (Å²) in [5.74, 6) is -0.218. The second-order valence-electron chi connectivity index (χ2n) is 2.96. The van der Waals surface area contributed by atoms with Gasteiger partial charge in [0.2, 0.25) is 0 Å². The topological polar surface area (TPSA) is 47.6 Å². The molecule has 0 saturated carbocycles. The highest BCUT2D eigenvalue weighted by Gasteiger charge is 2.30. The second-order valence-corrected chi connectivity index (χ2v) is 2.96. The fourth-order valence-electron chi connectivity index (χ4n) is 1.36. The molecule has 0 aromatic rings. The molecule has 82 valence electrons. The molecule has 0 radical (unpaired) electrons. The van der Waals surface area contributed by atoms with Crippen molar-refractivity contribution in [1.29, 1.82) is 0 Å². The number of hydrogen-bond donors (Lipinski definition) is 1. The van der Waals surface area contributed by atoms with Gasteiger partial charge in [-0.15, -0.1) is 19.0 Å². The Morgan fingerprint density at radius 2 is 2.43 bits per heavy atom. The summed E-state index contributed by atoms with van der Waals surface area (Å²) in [6, 6.07) is -0.209. The van der Waals surface area contributed by atoms with Gasteiger partial charge in [-0.2, -0.15) is 0 Å². The van der Waals surface area contributed by atoms with Crippen LogP contribution < -0.4 is 5.32 Å². The van der Waals surface area contributed by atoms with Crippen LogP contribution in [0.25, 0.3) is 0 Å². The summed E-state index contributed by atoms with van der Waals surface area (Å²) in [5.41, 5.74) is 0. The molecule has 1 rings (SSSR count). The molecule has 1 aliphatic heterocycles. The van der Waals surface area contributed by atoms with E-state index in [2.05, 4.69) is 16.6 Å². The van der Waals surface area contributed by atoms with Gasteiger partial charge in [0.1, 0.15) is 6.04 Å². The molecule has 0 aliphatic carbocycles. The van der Waals surface area contributed by atoms with E-state index in [-0.39, 0.29) is 30.5 Å². The van der Waals surface area contributed by atoms with Crippen LogP contribution in [0.15, 0.2) is 12.7 Å². The van der Waals surface area contributed by atoms with Crippen molar-refractivity contribution in [1.82, 2.24) is 5.32 Å². The third-order valence-corrected chi connectivity index (χ3v) is 2.03. The lowest BCUT2D eigenvalue weighted by Gasteiger charge is -2.08. The minimum atomic E-state index is -0.218. The maximum absolute atomic E-state index is 11.1. The lowest BCUT2D eigenvalue weighted by molar-refractivity contribution is -0.142. The number of carbonyl (C=O) groups excluding carboxylic acids is 1. The van der Waals surface area contributed by atoms with E-state index >= 15 is 0 Å². The van der Waals surface area contributed by atoms with Crippen molar-refractivity contribution in [2.75, 3.05) is 20.3 Å². The normalized spacial score (nSPS) is 25.2. The summed E-state index contributed by atoms with van der Waals surface area (Å²) in [6.07, 6.45) is 2.48. The zero-order valence-electron chi connectivity index (χ0n) is 8.19. The smallest absolute Gasteiger partial charge is 0.322 e. The minimum absolute atomic E-state index is 0. The monoisotopic (exact) mass is 221 g/mol. The standard InChI is InChI=1S/C9H15NO3.ClH/c1-3-4-13-7-5-8(10-6-7)9(11)12-2;/h3,7-8,10H,1,4-6H2,2H3;1H/t7?,8-;/m0./s1. The molecule has 0 bridgehead atoms. The average Bonchev–Trinajstić information content (AvgIpc) is 2.62. The Morgan fingerprint density at radius 1 is 1.71 bits per heavy atom. The fourth-order valence-corrected chi connectivity index (χ4v) is 1.36. The van der Waals surface area contributed by atoms with Crippen LogP contribution in [0.1, 0.15) is 6.42 Å². The molecule has 1 unspecified atom stereocenters. The number of nitrogens with one attached hydrogen (secondary N) is 1. The van der Waals surface area contributed by atoms with E-state index in [0.29, 0.717) is 19.6 Å². The third-order valence-electron chi connectivity index (χ3n) is 2.03. The maximum Gasteiger partial charge on any atom is 0.322 e. The molecule has 1 saturated heterocycles. The lowest BCUT2D eigenvalue weighted by Crippen LogP contribution is -2.31. The van der Waals surface area contributed by atoms with Crippen LogP contribution in [0.3, 0.4) is 0 Å². The molecule has 4 nitrogen and oxygen atoms in total. The number of ether oxygens (including phenoxy) is 2. The number of methoxy groups -OCH3 is 1. The van der Waals surface area contributed by atoms with E-state index in [9.17, 15) is 4.79 Å². The van der Waals surface area contributed by atoms with Crippen molar-refractivity contribution >= 4 is 18.4 Å². The van der Waals surface area contributed by atoms with Crippen molar-refractivity contribution in [3.8, 4) is 0 Å². The van der Waals surface area contributed by atoms with Crippen LogP contribution in [-0.2, 0) is 14.3 Å². The molecule has 0 aromatic carbocycles. The van der Waals surface area contributed by atoms with Crippen molar-refractivity contribution in [2.45, 2.75) is 18.6 Å². The lowest BCUT2D eigenvalue weighted by atomic mass is 10.2. The number of rotatable bonds is 4. The molecule has 1 N–H and O–H groups in total. The number of halogens is 1.